The molecule has 2 aromatic carbocycles. The second-order valence-electron chi connectivity index (χ2n) is 5.95. The summed E-state index contributed by atoms with van der Waals surface area (Å²) in [5.41, 5.74) is 2.36. The molecule has 1 amide bonds. The van der Waals surface area contributed by atoms with Crippen LogP contribution in [0.25, 0.3) is 0 Å². The lowest BCUT2D eigenvalue weighted by molar-refractivity contribution is 0.0982. The second kappa shape index (κ2) is 7.90. The van der Waals surface area contributed by atoms with Crippen molar-refractivity contribution >= 4 is 23.1 Å². The maximum atomic E-state index is 13.3. The van der Waals surface area contributed by atoms with E-state index in [4.69, 9.17) is 0 Å². The van der Waals surface area contributed by atoms with E-state index in [0.29, 0.717) is 18.1 Å². The molecule has 0 fully saturated rings. The van der Waals surface area contributed by atoms with Crippen LogP contribution in [0.4, 0.5) is 26.0 Å². The molecule has 1 N–H and O–H groups in total. The Kier molecular flexibility index (Phi) is 5.40. The lowest BCUT2D eigenvalue weighted by Crippen LogP contribution is -2.31. The maximum absolute atomic E-state index is 13.3. The van der Waals surface area contributed by atoms with E-state index in [1.807, 2.05) is 38.1 Å². The van der Waals surface area contributed by atoms with Gasteiger partial charge in [-0.05, 0) is 55.8 Å². The van der Waals surface area contributed by atoms with Gasteiger partial charge in [0.1, 0.15) is 0 Å². The highest BCUT2D eigenvalue weighted by Gasteiger charge is 2.18. The largest absolute Gasteiger partial charge is 0.339 e. The van der Waals surface area contributed by atoms with Gasteiger partial charge in [0, 0.05) is 24.0 Å². The van der Waals surface area contributed by atoms with E-state index in [-0.39, 0.29) is 11.6 Å². The highest BCUT2D eigenvalue weighted by Crippen LogP contribution is 2.20. The van der Waals surface area contributed by atoms with Gasteiger partial charge < -0.3 is 10.2 Å². The topological polar surface area (TPSA) is 58.1 Å². The number of hydrogen-bond acceptors (Lipinski definition) is 4. The Balaban J connectivity index is 1.77. The Morgan fingerprint density at radius 3 is 2.48 bits per heavy atom. The molecule has 0 aliphatic rings. The number of aromatic nitrogens is 2. The second-order valence-corrected chi connectivity index (χ2v) is 5.95. The molecule has 27 heavy (non-hydrogen) atoms. The molecule has 3 aromatic rings. The number of nitrogens with zero attached hydrogens (tertiary/aromatic N) is 3. The highest BCUT2D eigenvalue weighted by atomic mass is 19.2. The lowest BCUT2D eigenvalue weighted by Gasteiger charge is -2.20. The van der Waals surface area contributed by atoms with Crippen LogP contribution in [0.5, 0.6) is 0 Å². The fourth-order valence-corrected chi connectivity index (χ4v) is 2.61. The highest BCUT2D eigenvalue weighted by molar-refractivity contribution is 6.04. The summed E-state index contributed by atoms with van der Waals surface area (Å²) in [7, 11) is 0. The molecular formula is C20H18F2N4O. The van der Waals surface area contributed by atoms with Crippen molar-refractivity contribution < 1.29 is 13.6 Å². The van der Waals surface area contributed by atoms with E-state index >= 15 is 0 Å². The third kappa shape index (κ3) is 4.25. The predicted molar refractivity (Wildman–Crippen MR) is 100 cm³/mol. The first-order chi connectivity index (χ1) is 13.0. The van der Waals surface area contributed by atoms with E-state index < -0.39 is 11.6 Å². The maximum Gasteiger partial charge on any atom is 0.278 e. The molecule has 3 rings (SSSR count). The summed E-state index contributed by atoms with van der Waals surface area (Å²) >= 11 is 0. The van der Waals surface area contributed by atoms with Crippen LogP contribution >= 0.6 is 0 Å². The van der Waals surface area contributed by atoms with Gasteiger partial charge >= 0.3 is 0 Å². The Bertz CT molecular complexity index is 960. The molecule has 0 saturated carbocycles. The third-order valence-electron chi connectivity index (χ3n) is 3.95. The molecule has 0 saturated heterocycles. The van der Waals surface area contributed by atoms with Gasteiger partial charge in [0.25, 0.3) is 5.91 Å². The van der Waals surface area contributed by atoms with Crippen LogP contribution in [0.15, 0.2) is 54.6 Å². The fraction of sp³-hybridized carbons (Fsp3) is 0.150. The Morgan fingerprint density at radius 2 is 1.85 bits per heavy atom. The molecule has 5 nitrogen and oxygen atoms in total. The fourth-order valence-electron chi connectivity index (χ4n) is 2.61. The van der Waals surface area contributed by atoms with Gasteiger partial charge in [-0.3, -0.25) is 4.79 Å². The summed E-state index contributed by atoms with van der Waals surface area (Å²) in [4.78, 5) is 14.4. The molecule has 138 valence electrons. The lowest BCUT2D eigenvalue weighted by atomic mass is 10.2. The number of rotatable bonds is 5. The average molecular weight is 368 g/mol. The molecule has 0 aliphatic carbocycles. The summed E-state index contributed by atoms with van der Waals surface area (Å²) < 4.78 is 26.2. The molecule has 0 atom stereocenters. The summed E-state index contributed by atoms with van der Waals surface area (Å²) in [5, 5.41) is 10.7. The van der Waals surface area contributed by atoms with E-state index in [0.717, 1.165) is 23.4 Å². The molecule has 1 aromatic heterocycles. The van der Waals surface area contributed by atoms with Crippen molar-refractivity contribution in [3.63, 3.8) is 0 Å². The number of hydrogen-bond donors (Lipinski definition) is 1. The normalized spacial score (nSPS) is 10.5. The minimum Gasteiger partial charge on any atom is -0.339 e. The van der Waals surface area contributed by atoms with Gasteiger partial charge in [-0.15, -0.1) is 10.2 Å². The van der Waals surface area contributed by atoms with E-state index in [9.17, 15) is 13.6 Å². The molecule has 0 radical (unpaired) electrons. The number of nitrogens with one attached hydrogen (secondary N) is 1. The van der Waals surface area contributed by atoms with E-state index in [1.54, 1.807) is 11.0 Å². The number of halogens is 2. The van der Waals surface area contributed by atoms with Crippen LogP contribution in [0, 0.1) is 18.6 Å². The zero-order chi connectivity index (χ0) is 19.4. The predicted octanol–water partition coefficient (Wildman–Crippen LogP) is 4.47. The van der Waals surface area contributed by atoms with Gasteiger partial charge in [-0.2, -0.15) is 0 Å². The monoisotopic (exact) mass is 368 g/mol. The van der Waals surface area contributed by atoms with Crippen molar-refractivity contribution in [2.45, 2.75) is 13.8 Å². The van der Waals surface area contributed by atoms with Crippen LogP contribution in [0.1, 0.15) is 23.0 Å². The van der Waals surface area contributed by atoms with Gasteiger partial charge in [-0.25, -0.2) is 8.78 Å². The van der Waals surface area contributed by atoms with Crippen LogP contribution in [-0.4, -0.2) is 22.6 Å². The van der Waals surface area contributed by atoms with Crippen molar-refractivity contribution in [1.82, 2.24) is 10.2 Å². The molecular weight excluding hydrogens is 350 g/mol. The van der Waals surface area contributed by atoms with Crippen LogP contribution in [-0.2, 0) is 0 Å². The summed E-state index contributed by atoms with van der Waals surface area (Å²) in [6.07, 6.45) is 0. The number of anilines is 3. The third-order valence-corrected chi connectivity index (χ3v) is 3.95. The zero-order valence-electron chi connectivity index (χ0n) is 14.9. The number of carbonyl (C=O) groups is 1. The first kappa shape index (κ1) is 18.4. The number of amides is 1. The Labute approximate surface area is 155 Å². The minimum absolute atomic E-state index is 0.189. The van der Waals surface area contributed by atoms with E-state index in [1.165, 1.54) is 12.1 Å². The smallest absolute Gasteiger partial charge is 0.278 e. The average Bonchev–Trinajstić information content (AvgIpc) is 2.66. The Hall–Kier alpha value is -3.35. The van der Waals surface area contributed by atoms with Gasteiger partial charge in [-0.1, -0.05) is 12.1 Å². The number of aryl methyl sites for hydroxylation is 1. The van der Waals surface area contributed by atoms with E-state index in [2.05, 4.69) is 15.5 Å². The van der Waals surface area contributed by atoms with Crippen molar-refractivity contribution in [1.29, 1.82) is 0 Å². The number of carbonyl (C=O) groups excluding carboxylic acids is 1. The van der Waals surface area contributed by atoms with Crippen molar-refractivity contribution in [2.75, 3.05) is 16.8 Å². The SMILES string of the molecule is CCN(C(=O)c1ccc(Nc2ccc(F)c(F)c2)nn1)c1cccc(C)c1. The molecule has 1 heterocycles. The zero-order valence-corrected chi connectivity index (χ0v) is 14.9. The summed E-state index contributed by atoms with van der Waals surface area (Å²) in [5.74, 6) is -1.84. The van der Waals surface area contributed by atoms with Crippen LogP contribution in [0.3, 0.4) is 0 Å². The molecule has 0 aliphatic heterocycles. The standard InChI is InChI=1S/C20H18F2N4O/c1-3-26(15-6-4-5-13(2)11-15)20(27)18-9-10-19(25-24-18)23-14-7-8-16(21)17(22)12-14/h4-12H,3H2,1-2H3,(H,23,25). The Morgan fingerprint density at radius 1 is 1.04 bits per heavy atom. The van der Waals surface area contributed by atoms with Crippen molar-refractivity contribution in [2.24, 2.45) is 0 Å². The molecule has 0 spiro atoms. The van der Waals surface area contributed by atoms with Crippen LogP contribution in [0.2, 0.25) is 0 Å². The summed E-state index contributed by atoms with van der Waals surface area (Å²) in [6.45, 7) is 4.33. The minimum atomic E-state index is -0.962. The quantitative estimate of drug-likeness (QED) is 0.722. The van der Waals surface area contributed by atoms with Gasteiger partial charge in [0.05, 0.1) is 0 Å². The first-order valence-electron chi connectivity index (χ1n) is 8.42. The van der Waals surface area contributed by atoms with Gasteiger partial charge in [0.2, 0.25) is 0 Å². The van der Waals surface area contributed by atoms with Crippen molar-refractivity contribution in [3.05, 3.63) is 77.5 Å². The van der Waals surface area contributed by atoms with Gasteiger partial charge in [0.15, 0.2) is 23.1 Å². The number of benzene rings is 2. The van der Waals surface area contributed by atoms with Crippen molar-refractivity contribution in [3.8, 4) is 0 Å². The molecule has 0 unspecified atom stereocenters. The first-order valence-corrected chi connectivity index (χ1v) is 8.42. The summed E-state index contributed by atoms with van der Waals surface area (Å²) in [6, 6.07) is 14.2. The molecule has 0 bridgehead atoms. The van der Waals surface area contributed by atoms with Crippen LogP contribution < -0.4 is 10.2 Å². The molecule has 7 heteroatoms.